The zero-order valence-electron chi connectivity index (χ0n) is 12.0. The highest BCUT2D eigenvalue weighted by Gasteiger charge is 2.12. The number of sulfonamides is 1. The molecule has 0 spiro atoms. The summed E-state index contributed by atoms with van der Waals surface area (Å²) in [5, 5.41) is 3.36. The van der Waals surface area contributed by atoms with Crippen LogP contribution >= 0.6 is 11.3 Å². The molecule has 0 saturated heterocycles. The van der Waals surface area contributed by atoms with Gasteiger partial charge in [0.05, 0.1) is 6.26 Å². The molecule has 0 unspecified atom stereocenters. The summed E-state index contributed by atoms with van der Waals surface area (Å²) in [7, 11) is -3.05. The summed E-state index contributed by atoms with van der Waals surface area (Å²) < 4.78 is 24.3. The summed E-state index contributed by atoms with van der Waals surface area (Å²) in [6.07, 6.45) is 3.19. The monoisotopic (exact) mass is 304 g/mol. The Bertz CT molecular complexity index is 469. The van der Waals surface area contributed by atoms with Gasteiger partial charge in [0.1, 0.15) is 0 Å². The van der Waals surface area contributed by atoms with Crippen molar-refractivity contribution in [2.24, 2.45) is 0 Å². The molecule has 1 aromatic heterocycles. The molecule has 4 nitrogen and oxygen atoms in total. The number of thiophene rings is 1. The van der Waals surface area contributed by atoms with Crippen LogP contribution in [0.25, 0.3) is 0 Å². The molecule has 0 atom stereocenters. The molecule has 1 N–H and O–H groups in total. The number of hydrogen-bond donors (Lipinski definition) is 1. The van der Waals surface area contributed by atoms with E-state index >= 15 is 0 Å². The van der Waals surface area contributed by atoms with E-state index in [-0.39, 0.29) is 0 Å². The highest BCUT2D eigenvalue weighted by Crippen LogP contribution is 2.16. The second-order valence-corrected chi connectivity index (χ2v) is 7.74. The van der Waals surface area contributed by atoms with Crippen molar-refractivity contribution in [2.75, 3.05) is 25.9 Å². The molecule has 110 valence electrons. The molecule has 0 aliphatic rings. The van der Waals surface area contributed by atoms with E-state index in [1.54, 1.807) is 0 Å². The lowest BCUT2D eigenvalue weighted by molar-refractivity contribution is 0.419. The molecule has 0 fully saturated rings. The molecular weight excluding hydrogens is 280 g/mol. The van der Waals surface area contributed by atoms with Gasteiger partial charge in [-0.25, -0.2) is 12.7 Å². The Balaban J connectivity index is 2.20. The standard InChI is InChI=1S/C13H24N2O2S2/c1-4-12-7-8-13(18-12)11-14-9-6-10-15(5-2)19(3,16)17/h7-8,14H,4-6,9-11H2,1-3H3. The van der Waals surface area contributed by atoms with Gasteiger partial charge < -0.3 is 5.32 Å². The summed E-state index contributed by atoms with van der Waals surface area (Å²) in [6.45, 7) is 6.87. The van der Waals surface area contributed by atoms with E-state index in [0.717, 1.165) is 25.9 Å². The van der Waals surface area contributed by atoms with Gasteiger partial charge in [0.2, 0.25) is 10.0 Å². The predicted molar refractivity (Wildman–Crippen MR) is 82.1 cm³/mol. The van der Waals surface area contributed by atoms with Crippen molar-refractivity contribution in [1.29, 1.82) is 0 Å². The van der Waals surface area contributed by atoms with Crippen LogP contribution in [0.3, 0.4) is 0 Å². The third-order valence-electron chi connectivity index (χ3n) is 2.95. The fraction of sp³-hybridized carbons (Fsp3) is 0.692. The topological polar surface area (TPSA) is 49.4 Å². The molecule has 0 aromatic carbocycles. The Kier molecular flexibility index (Phi) is 6.99. The molecule has 19 heavy (non-hydrogen) atoms. The van der Waals surface area contributed by atoms with E-state index in [0.29, 0.717) is 13.1 Å². The lowest BCUT2D eigenvalue weighted by Crippen LogP contribution is -2.32. The maximum Gasteiger partial charge on any atom is 0.211 e. The summed E-state index contributed by atoms with van der Waals surface area (Å²) in [5.41, 5.74) is 0. The predicted octanol–water partition coefficient (Wildman–Crippen LogP) is 2.07. The van der Waals surface area contributed by atoms with Crippen molar-refractivity contribution in [2.45, 2.75) is 33.2 Å². The number of nitrogens with one attached hydrogen (secondary N) is 1. The Labute approximate surface area is 120 Å². The molecule has 0 radical (unpaired) electrons. The molecule has 6 heteroatoms. The smallest absolute Gasteiger partial charge is 0.211 e. The zero-order chi connectivity index (χ0) is 14.3. The quantitative estimate of drug-likeness (QED) is 0.711. The van der Waals surface area contributed by atoms with Crippen LogP contribution in [0.15, 0.2) is 12.1 Å². The van der Waals surface area contributed by atoms with Gasteiger partial charge in [-0.15, -0.1) is 11.3 Å². The minimum absolute atomic E-state index is 0.545. The molecular formula is C13H24N2O2S2. The zero-order valence-corrected chi connectivity index (χ0v) is 13.6. The van der Waals surface area contributed by atoms with Crippen LogP contribution in [0.4, 0.5) is 0 Å². The average Bonchev–Trinajstić information content (AvgIpc) is 2.80. The first-order valence-corrected chi connectivity index (χ1v) is 9.37. The Morgan fingerprint density at radius 3 is 2.47 bits per heavy atom. The fourth-order valence-corrected chi connectivity index (χ4v) is 3.72. The normalized spacial score (nSPS) is 12.2. The third kappa shape index (κ3) is 6.03. The van der Waals surface area contributed by atoms with Crippen molar-refractivity contribution in [3.8, 4) is 0 Å². The third-order valence-corrected chi connectivity index (χ3v) is 5.56. The number of aryl methyl sites for hydroxylation is 1. The maximum absolute atomic E-state index is 11.4. The summed E-state index contributed by atoms with van der Waals surface area (Å²) in [4.78, 5) is 2.75. The number of hydrogen-bond acceptors (Lipinski definition) is 4. The van der Waals surface area contributed by atoms with Crippen LogP contribution in [-0.4, -0.2) is 38.6 Å². The van der Waals surface area contributed by atoms with Crippen LogP contribution in [0, 0.1) is 0 Å². The van der Waals surface area contributed by atoms with Crippen molar-refractivity contribution in [1.82, 2.24) is 9.62 Å². The average molecular weight is 304 g/mol. The summed E-state index contributed by atoms with van der Waals surface area (Å²) in [6, 6.07) is 4.33. The van der Waals surface area contributed by atoms with Gasteiger partial charge >= 0.3 is 0 Å². The van der Waals surface area contributed by atoms with E-state index in [4.69, 9.17) is 0 Å². The number of nitrogens with zero attached hydrogens (tertiary/aromatic N) is 1. The highest BCUT2D eigenvalue weighted by atomic mass is 32.2. The summed E-state index contributed by atoms with van der Waals surface area (Å²) in [5.74, 6) is 0. The lowest BCUT2D eigenvalue weighted by Gasteiger charge is -2.17. The van der Waals surface area contributed by atoms with E-state index < -0.39 is 10.0 Å². The Hall–Kier alpha value is -0.430. The molecule has 1 aromatic rings. The second-order valence-electron chi connectivity index (χ2n) is 4.51. The fourth-order valence-electron chi connectivity index (χ4n) is 1.86. The molecule has 0 aliphatic carbocycles. The summed E-state index contributed by atoms with van der Waals surface area (Å²) >= 11 is 1.84. The van der Waals surface area contributed by atoms with Crippen LogP contribution in [0.5, 0.6) is 0 Å². The Morgan fingerprint density at radius 2 is 1.95 bits per heavy atom. The van der Waals surface area contributed by atoms with Crippen LogP contribution in [0.1, 0.15) is 30.0 Å². The van der Waals surface area contributed by atoms with E-state index in [1.807, 2.05) is 18.3 Å². The van der Waals surface area contributed by atoms with E-state index in [2.05, 4.69) is 24.4 Å². The van der Waals surface area contributed by atoms with Gasteiger partial charge in [-0.05, 0) is 31.5 Å². The van der Waals surface area contributed by atoms with Crippen molar-refractivity contribution in [3.63, 3.8) is 0 Å². The highest BCUT2D eigenvalue weighted by molar-refractivity contribution is 7.88. The SMILES string of the molecule is CCc1ccc(CNCCCN(CC)S(C)(=O)=O)s1. The first kappa shape index (κ1) is 16.6. The van der Waals surface area contributed by atoms with Gasteiger partial charge in [0.15, 0.2) is 0 Å². The Morgan fingerprint density at radius 1 is 1.26 bits per heavy atom. The van der Waals surface area contributed by atoms with Crippen molar-refractivity contribution < 1.29 is 8.42 Å². The molecule has 0 aliphatic heterocycles. The van der Waals surface area contributed by atoms with Gasteiger partial charge in [0, 0.05) is 29.4 Å². The van der Waals surface area contributed by atoms with Crippen molar-refractivity contribution >= 4 is 21.4 Å². The first-order chi connectivity index (χ1) is 8.97. The molecule has 0 saturated carbocycles. The van der Waals surface area contributed by atoms with Crippen molar-refractivity contribution in [3.05, 3.63) is 21.9 Å². The largest absolute Gasteiger partial charge is 0.312 e. The van der Waals surface area contributed by atoms with Gasteiger partial charge in [-0.3, -0.25) is 0 Å². The van der Waals surface area contributed by atoms with Gasteiger partial charge in [-0.2, -0.15) is 0 Å². The minimum atomic E-state index is -3.05. The molecule has 1 rings (SSSR count). The molecule has 0 amide bonds. The molecule has 1 heterocycles. The van der Waals surface area contributed by atoms with Crippen LogP contribution < -0.4 is 5.32 Å². The maximum atomic E-state index is 11.4. The lowest BCUT2D eigenvalue weighted by atomic mass is 10.3. The van der Waals surface area contributed by atoms with E-state index in [9.17, 15) is 8.42 Å². The first-order valence-electron chi connectivity index (χ1n) is 6.70. The van der Waals surface area contributed by atoms with Crippen LogP contribution in [-0.2, 0) is 23.0 Å². The van der Waals surface area contributed by atoms with Gasteiger partial charge in [-0.1, -0.05) is 13.8 Å². The van der Waals surface area contributed by atoms with E-state index in [1.165, 1.54) is 20.3 Å². The second kappa shape index (κ2) is 7.99. The minimum Gasteiger partial charge on any atom is -0.312 e. The van der Waals surface area contributed by atoms with Crippen LogP contribution in [0.2, 0.25) is 0 Å². The van der Waals surface area contributed by atoms with Gasteiger partial charge in [0.25, 0.3) is 0 Å². The number of rotatable bonds is 9. The molecule has 0 bridgehead atoms.